The third kappa shape index (κ3) is 3.46. The largest absolute Gasteiger partial charge is 0.299 e. The molecule has 1 saturated heterocycles. The maximum Gasteiger partial charge on any atom is 0.0705 e. The summed E-state index contributed by atoms with van der Waals surface area (Å²) < 4.78 is 1.96. The molecule has 0 aliphatic carbocycles. The minimum Gasteiger partial charge on any atom is -0.299 e. The first kappa shape index (κ1) is 15.3. The molecule has 0 atom stereocenters. The molecule has 5 heteroatoms. The molecule has 0 radical (unpaired) electrons. The number of aromatic nitrogens is 4. The van der Waals surface area contributed by atoms with E-state index in [2.05, 4.69) is 50.5 Å². The Morgan fingerprint density at radius 3 is 2.79 bits per heavy atom. The fourth-order valence-electron chi connectivity index (χ4n) is 3.56. The molecule has 124 valence electrons. The highest BCUT2D eigenvalue weighted by Gasteiger charge is 2.19. The Balaban J connectivity index is 1.35. The van der Waals surface area contributed by atoms with Crippen molar-refractivity contribution < 1.29 is 0 Å². The van der Waals surface area contributed by atoms with Crippen molar-refractivity contribution in [1.82, 2.24) is 24.9 Å². The quantitative estimate of drug-likeness (QED) is 0.741. The average molecular weight is 321 g/mol. The maximum absolute atomic E-state index is 4.58. The van der Waals surface area contributed by atoms with Crippen molar-refractivity contribution in [2.75, 3.05) is 13.1 Å². The van der Waals surface area contributed by atoms with Crippen LogP contribution in [0.4, 0.5) is 0 Å². The first-order chi connectivity index (χ1) is 11.8. The number of pyridine rings is 1. The number of likely N-dealkylation sites (tertiary alicyclic amines) is 1. The standard InChI is InChI=1S/C19H23N5/c1-15-2-4-18-12-17(3-5-19(18)21-15)13-23-9-6-16(7-10-23)14-24-11-8-20-22-24/h2-5,8,11-12,16H,6-7,9-10,13-14H2,1H3. The maximum atomic E-state index is 4.58. The summed E-state index contributed by atoms with van der Waals surface area (Å²) in [6.45, 7) is 6.37. The molecule has 0 N–H and O–H groups in total. The van der Waals surface area contributed by atoms with Gasteiger partial charge in [-0.25, -0.2) is 0 Å². The van der Waals surface area contributed by atoms with Gasteiger partial charge in [-0.05, 0) is 62.5 Å². The number of fused-ring (bicyclic) bond motifs is 1. The topological polar surface area (TPSA) is 46.8 Å². The smallest absolute Gasteiger partial charge is 0.0705 e. The molecule has 1 aliphatic rings. The molecule has 24 heavy (non-hydrogen) atoms. The van der Waals surface area contributed by atoms with E-state index in [0.29, 0.717) is 5.92 Å². The van der Waals surface area contributed by atoms with E-state index in [9.17, 15) is 0 Å². The lowest BCUT2D eigenvalue weighted by Gasteiger charge is -2.31. The first-order valence-corrected chi connectivity index (χ1v) is 8.69. The van der Waals surface area contributed by atoms with Crippen molar-refractivity contribution >= 4 is 10.9 Å². The summed E-state index contributed by atoms with van der Waals surface area (Å²) in [5.41, 5.74) is 3.54. The molecule has 1 fully saturated rings. The highest BCUT2D eigenvalue weighted by Crippen LogP contribution is 2.22. The van der Waals surface area contributed by atoms with Crippen LogP contribution in [0.2, 0.25) is 0 Å². The van der Waals surface area contributed by atoms with E-state index in [1.165, 1.54) is 23.8 Å². The molecule has 2 aromatic heterocycles. The third-order valence-corrected chi connectivity index (χ3v) is 4.92. The van der Waals surface area contributed by atoms with Crippen LogP contribution in [0.5, 0.6) is 0 Å². The molecule has 1 aromatic carbocycles. The van der Waals surface area contributed by atoms with Crippen LogP contribution in [0.1, 0.15) is 24.1 Å². The lowest BCUT2D eigenvalue weighted by molar-refractivity contribution is 0.164. The van der Waals surface area contributed by atoms with Crippen molar-refractivity contribution in [3.8, 4) is 0 Å². The Morgan fingerprint density at radius 2 is 2.00 bits per heavy atom. The molecule has 0 bridgehead atoms. The Hall–Kier alpha value is -2.27. The summed E-state index contributed by atoms with van der Waals surface area (Å²) in [6.07, 6.45) is 6.17. The number of hydrogen-bond donors (Lipinski definition) is 0. The Bertz CT molecular complexity index is 804. The van der Waals surface area contributed by atoms with Crippen LogP contribution in [-0.4, -0.2) is 38.0 Å². The number of hydrogen-bond acceptors (Lipinski definition) is 4. The molecule has 1 aliphatic heterocycles. The van der Waals surface area contributed by atoms with E-state index in [0.717, 1.165) is 37.4 Å². The monoisotopic (exact) mass is 321 g/mol. The van der Waals surface area contributed by atoms with Crippen molar-refractivity contribution in [2.45, 2.75) is 32.9 Å². The van der Waals surface area contributed by atoms with E-state index in [1.807, 2.05) is 17.8 Å². The average Bonchev–Trinajstić information content (AvgIpc) is 3.10. The Labute approximate surface area is 142 Å². The van der Waals surface area contributed by atoms with Gasteiger partial charge in [0.25, 0.3) is 0 Å². The minimum atomic E-state index is 0.715. The molecule has 4 rings (SSSR count). The van der Waals surface area contributed by atoms with Gasteiger partial charge in [-0.2, -0.15) is 0 Å². The lowest BCUT2D eigenvalue weighted by Crippen LogP contribution is -2.34. The van der Waals surface area contributed by atoms with Gasteiger partial charge in [-0.3, -0.25) is 14.6 Å². The predicted octanol–water partition coefficient (Wildman–Crippen LogP) is 3.05. The van der Waals surface area contributed by atoms with Crippen LogP contribution in [0.25, 0.3) is 10.9 Å². The second kappa shape index (κ2) is 6.69. The van der Waals surface area contributed by atoms with Gasteiger partial charge in [-0.15, -0.1) is 5.10 Å². The predicted molar refractivity (Wildman–Crippen MR) is 94.5 cm³/mol. The molecular formula is C19H23N5. The van der Waals surface area contributed by atoms with E-state index >= 15 is 0 Å². The molecule has 5 nitrogen and oxygen atoms in total. The minimum absolute atomic E-state index is 0.715. The van der Waals surface area contributed by atoms with Gasteiger partial charge in [0.2, 0.25) is 0 Å². The van der Waals surface area contributed by atoms with E-state index < -0.39 is 0 Å². The van der Waals surface area contributed by atoms with Gasteiger partial charge in [-0.1, -0.05) is 17.3 Å². The summed E-state index contributed by atoms with van der Waals surface area (Å²) in [4.78, 5) is 7.14. The van der Waals surface area contributed by atoms with E-state index in [4.69, 9.17) is 0 Å². The zero-order valence-electron chi connectivity index (χ0n) is 14.1. The van der Waals surface area contributed by atoms with Crippen molar-refractivity contribution in [3.63, 3.8) is 0 Å². The fourth-order valence-corrected chi connectivity index (χ4v) is 3.56. The van der Waals surface area contributed by atoms with Gasteiger partial charge < -0.3 is 0 Å². The molecule has 0 spiro atoms. The SMILES string of the molecule is Cc1ccc2cc(CN3CCC(Cn4ccnn4)CC3)ccc2n1. The molecule has 0 saturated carbocycles. The lowest BCUT2D eigenvalue weighted by atomic mass is 9.96. The van der Waals surface area contributed by atoms with Gasteiger partial charge in [0.15, 0.2) is 0 Å². The van der Waals surface area contributed by atoms with Crippen LogP contribution in [0, 0.1) is 12.8 Å². The third-order valence-electron chi connectivity index (χ3n) is 4.92. The molecule has 3 aromatic rings. The van der Waals surface area contributed by atoms with Crippen molar-refractivity contribution in [3.05, 3.63) is 54.0 Å². The second-order valence-electron chi connectivity index (χ2n) is 6.82. The van der Waals surface area contributed by atoms with Crippen LogP contribution in [-0.2, 0) is 13.1 Å². The molecule has 0 amide bonds. The summed E-state index contributed by atoms with van der Waals surface area (Å²) >= 11 is 0. The highest BCUT2D eigenvalue weighted by atomic mass is 15.4. The van der Waals surface area contributed by atoms with Crippen LogP contribution in [0.15, 0.2) is 42.7 Å². The fraction of sp³-hybridized carbons (Fsp3) is 0.421. The van der Waals surface area contributed by atoms with Gasteiger partial charge in [0, 0.05) is 30.4 Å². The zero-order valence-corrected chi connectivity index (χ0v) is 14.1. The Kier molecular flexibility index (Phi) is 4.26. The van der Waals surface area contributed by atoms with Crippen LogP contribution in [0.3, 0.4) is 0 Å². The number of nitrogens with zero attached hydrogens (tertiary/aromatic N) is 5. The zero-order chi connectivity index (χ0) is 16.4. The number of piperidine rings is 1. The van der Waals surface area contributed by atoms with E-state index in [-0.39, 0.29) is 0 Å². The Morgan fingerprint density at radius 1 is 1.12 bits per heavy atom. The number of aryl methyl sites for hydroxylation is 1. The van der Waals surface area contributed by atoms with Crippen molar-refractivity contribution in [2.24, 2.45) is 5.92 Å². The summed E-state index contributed by atoms with van der Waals surface area (Å²) in [7, 11) is 0. The normalized spacial score (nSPS) is 16.7. The van der Waals surface area contributed by atoms with Gasteiger partial charge in [0.05, 0.1) is 11.7 Å². The van der Waals surface area contributed by atoms with Gasteiger partial charge in [0.1, 0.15) is 0 Å². The molecule has 0 unspecified atom stereocenters. The molecular weight excluding hydrogens is 298 g/mol. The van der Waals surface area contributed by atoms with Crippen LogP contribution >= 0.6 is 0 Å². The molecule has 3 heterocycles. The van der Waals surface area contributed by atoms with Crippen molar-refractivity contribution in [1.29, 1.82) is 0 Å². The highest BCUT2D eigenvalue weighted by molar-refractivity contribution is 5.79. The second-order valence-corrected chi connectivity index (χ2v) is 6.82. The van der Waals surface area contributed by atoms with E-state index in [1.54, 1.807) is 6.20 Å². The summed E-state index contributed by atoms with van der Waals surface area (Å²) in [5.74, 6) is 0.715. The summed E-state index contributed by atoms with van der Waals surface area (Å²) in [5, 5.41) is 9.20. The first-order valence-electron chi connectivity index (χ1n) is 8.69. The number of benzene rings is 1. The summed E-state index contributed by atoms with van der Waals surface area (Å²) in [6, 6.07) is 10.9. The van der Waals surface area contributed by atoms with Gasteiger partial charge >= 0.3 is 0 Å². The number of rotatable bonds is 4. The van der Waals surface area contributed by atoms with Crippen LogP contribution < -0.4 is 0 Å².